The number of esters is 2. The zero-order valence-electron chi connectivity index (χ0n) is 30.6. The predicted octanol–water partition coefficient (Wildman–Crippen LogP) is 6.42. The summed E-state index contributed by atoms with van der Waals surface area (Å²) in [5.41, 5.74) is 2.75. The van der Waals surface area contributed by atoms with E-state index in [-0.39, 0.29) is 42.0 Å². The highest BCUT2D eigenvalue weighted by Gasteiger charge is 2.29. The molecular weight excluding hydrogens is 700 g/mol. The number of hydrogen-bond acceptors (Lipinski definition) is 13. The largest absolute Gasteiger partial charge is 0.504 e. The van der Waals surface area contributed by atoms with E-state index >= 15 is 0 Å². The van der Waals surface area contributed by atoms with Crippen molar-refractivity contribution < 1.29 is 62.8 Å². The summed E-state index contributed by atoms with van der Waals surface area (Å²) in [6.45, 7) is -0.0643. The van der Waals surface area contributed by atoms with Gasteiger partial charge in [0.25, 0.3) is 0 Å². The predicted molar refractivity (Wildman–Crippen MR) is 199 cm³/mol. The molecule has 0 spiro atoms. The van der Waals surface area contributed by atoms with Gasteiger partial charge in [0, 0.05) is 19.3 Å². The van der Waals surface area contributed by atoms with Gasteiger partial charge < -0.3 is 53.2 Å². The maximum Gasteiger partial charge on any atom is 0.330 e. The van der Waals surface area contributed by atoms with Crippen molar-refractivity contribution in [1.82, 2.24) is 0 Å². The molecule has 0 aromatic heterocycles. The molecule has 0 saturated carbocycles. The Hall–Kier alpha value is -6.34. The minimum atomic E-state index is -0.898. The maximum absolute atomic E-state index is 12.8. The minimum Gasteiger partial charge on any atom is -0.504 e. The Labute approximate surface area is 313 Å². The molecule has 0 aliphatic rings. The number of aryl methyl sites for hydroxylation is 1. The standard InChI is InChI=1S/C41H44O13/c1-47-34-21-27(8-14-30(34)42)11-18-39(45)52-20-6-7-26-10-17-33(37(23-26)50-4)54-38(41(51-5)29-13-16-32(44)36(24-29)49-3)25-53-40(46)19-12-28-9-15-31(43)35(22-28)48-2/h8-19,21-24,38,41-44H,6-7,20,25H2,1-5H3/b18-11+,19-12+/t38?,41-/m0/s1. The molecule has 0 aliphatic carbocycles. The van der Waals surface area contributed by atoms with E-state index < -0.39 is 24.1 Å². The van der Waals surface area contributed by atoms with E-state index in [1.807, 2.05) is 6.07 Å². The van der Waals surface area contributed by atoms with Crippen LogP contribution >= 0.6 is 0 Å². The first-order valence-electron chi connectivity index (χ1n) is 16.8. The minimum absolute atomic E-state index is 0.00199. The topological polar surface area (TPSA) is 169 Å². The van der Waals surface area contributed by atoms with Crippen molar-refractivity contribution in [2.45, 2.75) is 25.0 Å². The molecule has 0 radical (unpaired) electrons. The Morgan fingerprint density at radius 2 is 1.15 bits per heavy atom. The van der Waals surface area contributed by atoms with Gasteiger partial charge in [0.15, 0.2) is 52.1 Å². The fourth-order valence-corrected chi connectivity index (χ4v) is 5.32. The smallest absolute Gasteiger partial charge is 0.330 e. The van der Waals surface area contributed by atoms with Gasteiger partial charge in [0.2, 0.25) is 0 Å². The van der Waals surface area contributed by atoms with Crippen LogP contribution in [0.15, 0.2) is 84.9 Å². The number of methoxy groups -OCH3 is 5. The normalized spacial score (nSPS) is 12.2. The lowest BCUT2D eigenvalue weighted by atomic mass is 10.0. The Morgan fingerprint density at radius 3 is 1.70 bits per heavy atom. The van der Waals surface area contributed by atoms with Crippen LogP contribution in [0.1, 0.15) is 34.8 Å². The Morgan fingerprint density at radius 1 is 0.611 bits per heavy atom. The average molecular weight is 745 g/mol. The second-order valence-electron chi connectivity index (χ2n) is 11.7. The Balaban J connectivity index is 1.43. The van der Waals surface area contributed by atoms with Crippen LogP contribution < -0.4 is 23.7 Å². The number of aromatic hydroxyl groups is 3. The molecular formula is C41H44O13. The second-order valence-corrected chi connectivity index (χ2v) is 11.7. The van der Waals surface area contributed by atoms with Crippen LogP contribution in [0.4, 0.5) is 0 Å². The highest BCUT2D eigenvalue weighted by Crippen LogP contribution is 2.36. The molecule has 4 rings (SSSR count). The van der Waals surface area contributed by atoms with Crippen molar-refractivity contribution >= 4 is 24.1 Å². The van der Waals surface area contributed by atoms with E-state index in [0.717, 1.165) is 5.56 Å². The van der Waals surface area contributed by atoms with Crippen LogP contribution in [0, 0.1) is 0 Å². The summed E-state index contributed by atoms with van der Waals surface area (Å²) in [6.07, 6.45) is 5.05. The number of carbonyl (C=O) groups is 2. The van der Waals surface area contributed by atoms with Gasteiger partial charge in [-0.1, -0.05) is 24.3 Å². The van der Waals surface area contributed by atoms with E-state index in [4.69, 9.17) is 37.9 Å². The number of hydrogen-bond donors (Lipinski definition) is 3. The lowest BCUT2D eigenvalue weighted by Gasteiger charge is -2.28. The first-order valence-corrected chi connectivity index (χ1v) is 16.8. The van der Waals surface area contributed by atoms with Crippen LogP contribution in [-0.4, -0.2) is 82.1 Å². The third-order valence-corrected chi connectivity index (χ3v) is 8.11. The van der Waals surface area contributed by atoms with Crippen molar-refractivity contribution in [3.05, 3.63) is 107 Å². The molecule has 2 atom stereocenters. The van der Waals surface area contributed by atoms with Crippen molar-refractivity contribution in [2.24, 2.45) is 0 Å². The molecule has 4 aromatic rings. The zero-order chi connectivity index (χ0) is 39.0. The summed E-state index contributed by atoms with van der Waals surface area (Å²) < 4.78 is 44.4. The molecule has 13 heteroatoms. The molecule has 0 aliphatic heterocycles. The van der Waals surface area contributed by atoms with Gasteiger partial charge in [-0.25, -0.2) is 9.59 Å². The van der Waals surface area contributed by atoms with Gasteiger partial charge >= 0.3 is 11.9 Å². The molecule has 0 amide bonds. The molecule has 286 valence electrons. The first-order chi connectivity index (χ1) is 26.1. The van der Waals surface area contributed by atoms with Crippen molar-refractivity contribution in [3.63, 3.8) is 0 Å². The fraction of sp³-hybridized carbons (Fsp3) is 0.268. The lowest BCUT2D eigenvalue weighted by Crippen LogP contribution is -2.32. The van der Waals surface area contributed by atoms with E-state index in [9.17, 15) is 24.9 Å². The molecule has 0 bridgehead atoms. The van der Waals surface area contributed by atoms with E-state index in [1.54, 1.807) is 54.6 Å². The first kappa shape index (κ1) is 40.4. The van der Waals surface area contributed by atoms with Crippen LogP contribution in [0.5, 0.6) is 46.0 Å². The van der Waals surface area contributed by atoms with Crippen LogP contribution in [0.3, 0.4) is 0 Å². The third-order valence-electron chi connectivity index (χ3n) is 8.11. The van der Waals surface area contributed by atoms with Crippen molar-refractivity contribution in [3.8, 4) is 46.0 Å². The summed E-state index contributed by atoms with van der Waals surface area (Å²) in [7, 11) is 7.28. The summed E-state index contributed by atoms with van der Waals surface area (Å²) in [6, 6.07) is 19.5. The SMILES string of the molecule is COc1cc(/C=C/C(=O)OCCCc2ccc(OC(COC(=O)/C=C/c3ccc(O)c(OC)c3)[C@@H](OC)c3ccc(O)c(OC)c3)c(OC)c2)ccc1O. The molecule has 0 heterocycles. The monoisotopic (exact) mass is 744 g/mol. The third kappa shape index (κ3) is 11.3. The van der Waals surface area contributed by atoms with Crippen LogP contribution in [-0.2, 0) is 30.2 Å². The number of phenolic OH excluding ortho intramolecular Hbond substituents is 3. The van der Waals surface area contributed by atoms with Crippen molar-refractivity contribution in [2.75, 3.05) is 48.8 Å². The highest BCUT2D eigenvalue weighted by atomic mass is 16.6. The number of rotatable bonds is 19. The zero-order valence-corrected chi connectivity index (χ0v) is 30.6. The molecule has 54 heavy (non-hydrogen) atoms. The highest BCUT2D eigenvalue weighted by molar-refractivity contribution is 5.87. The van der Waals surface area contributed by atoms with Gasteiger partial charge in [-0.15, -0.1) is 0 Å². The summed E-state index contributed by atoms with van der Waals surface area (Å²) >= 11 is 0. The van der Waals surface area contributed by atoms with E-state index in [1.165, 1.54) is 72.0 Å². The molecule has 3 N–H and O–H groups in total. The van der Waals surface area contributed by atoms with Crippen molar-refractivity contribution in [1.29, 1.82) is 0 Å². The molecule has 1 unspecified atom stereocenters. The molecule has 4 aromatic carbocycles. The fourth-order valence-electron chi connectivity index (χ4n) is 5.32. The summed E-state index contributed by atoms with van der Waals surface area (Å²) in [4.78, 5) is 25.1. The van der Waals surface area contributed by atoms with Crippen LogP contribution in [0.2, 0.25) is 0 Å². The quantitative estimate of drug-likeness (QED) is 0.0547. The van der Waals surface area contributed by atoms with Gasteiger partial charge in [0.05, 0.1) is 35.0 Å². The number of carbonyl (C=O) groups excluding carboxylic acids is 2. The lowest BCUT2D eigenvalue weighted by molar-refractivity contribution is -0.143. The number of ether oxygens (including phenoxy) is 8. The van der Waals surface area contributed by atoms with Crippen LogP contribution in [0.25, 0.3) is 12.2 Å². The Kier molecular flexibility index (Phi) is 15.0. The van der Waals surface area contributed by atoms with Gasteiger partial charge in [-0.05, 0) is 95.8 Å². The van der Waals surface area contributed by atoms with E-state index in [2.05, 4.69) is 0 Å². The molecule has 13 nitrogen and oxygen atoms in total. The summed E-state index contributed by atoms with van der Waals surface area (Å²) in [5.74, 6) is 0.278. The maximum atomic E-state index is 12.8. The average Bonchev–Trinajstić information content (AvgIpc) is 3.18. The molecule has 0 fully saturated rings. The summed E-state index contributed by atoms with van der Waals surface area (Å²) in [5, 5.41) is 29.8. The van der Waals surface area contributed by atoms with E-state index in [0.29, 0.717) is 46.8 Å². The Bertz CT molecular complexity index is 1930. The second kappa shape index (κ2) is 20.0. The van der Waals surface area contributed by atoms with Gasteiger partial charge in [-0.2, -0.15) is 0 Å². The number of benzene rings is 4. The van der Waals surface area contributed by atoms with Gasteiger partial charge in [-0.3, -0.25) is 0 Å². The molecule has 0 saturated heterocycles. The number of phenols is 3. The van der Waals surface area contributed by atoms with Gasteiger partial charge in [0.1, 0.15) is 12.7 Å².